The average molecular weight is 269 g/mol. The van der Waals surface area contributed by atoms with Crippen molar-refractivity contribution in [3.8, 4) is 0 Å². The van der Waals surface area contributed by atoms with Gasteiger partial charge in [-0.25, -0.2) is 0 Å². The summed E-state index contributed by atoms with van der Waals surface area (Å²) in [6, 6.07) is 0.710. The second-order valence-corrected chi connectivity index (χ2v) is 5.89. The lowest BCUT2D eigenvalue weighted by atomic mass is 10.1. The van der Waals surface area contributed by atoms with Crippen LogP contribution in [0.2, 0.25) is 0 Å². The second-order valence-electron chi connectivity index (χ2n) is 5.89. The van der Waals surface area contributed by atoms with Gasteiger partial charge in [-0.1, -0.05) is 13.8 Å². The number of likely N-dealkylation sites (N-methyl/N-ethyl adjacent to an activating group) is 1. The van der Waals surface area contributed by atoms with Crippen molar-refractivity contribution in [3.05, 3.63) is 0 Å². The van der Waals surface area contributed by atoms with E-state index >= 15 is 0 Å². The molecule has 0 spiro atoms. The van der Waals surface area contributed by atoms with Gasteiger partial charge in [0.15, 0.2) is 0 Å². The third kappa shape index (κ3) is 5.03. The van der Waals surface area contributed by atoms with Crippen LogP contribution in [0.15, 0.2) is 0 Å². The monoisotopic (exact) mass is 269 g/mol. The highest BCUT2D eigenvalue weighted by Crippen LogP contribution is 2.10. The number of hydrogen-bond donors (Lipinski definition) is 1. The fourth-order valence-electron chi connectivity index (χ4n) is 3.16. The summed E-state index contributed by atoms with van der Waals surface area (Å²) >= 11 is 0. The molecule has 0 amide bonds. The van der Waals surface area contributed by atoms with Gasteiger partial charge in [0.1, 0.15) is 0 Å². The summed E-state index contributed by atoms with van der Waals surface area (Å²) < 4.78 is 5.94. The van der Waals surface area contributed by atoms with E-state index in [1.165, 1.54) is 38.9 Å². The Bertz CT molecular complexity index is 250. The molecule has 2 saturated heterocycles. The highest BCUT2D eigenvalue weighted by Gasteiger charge is 2.22. The maximum absolute atomic E-state index is 5.94. The van der Waals surface area contributed by atoms with Crippen LogP contribution >= 0.6 is 0 Å². The highest BCUT2D eigenvalue weighted by molar-refractivity contribution is 4.77. The van der Waals surface area contributed by atoms with Gasteiger partial charge in [-0.15, -0.1) is 0 Å². The summed E-state index contributed by atoms with van der Waals surface area (Å²) in [4.78, 5) is 5.13. The molecule has 2 aliphatic rings. The molecule has 2 fully saturated rings. The van der Waals surface area contributed by atoms with E-state index in [-0.39, 0.29) is 0 Å². The summed E-state index contributed by atoms with van der Waals surface area (Å²) in [5.74, 6) is 0. The van der Waals surface area contributed by atoms with Gasteiger partial charge in [0.25, 0.3) is 0 Å². The molecule has 0 aromatic rings. The molecule has 0 aromatic heterocycles. The van der Waals surface area contributed by atoms with Gasteiger partial charge in [0, 0.05) is 25.7 Å². The second kappa shape index (κ2) is 8.20. The van der Waals surface area contributed by atoms with Gasteiger partial charge < -0.3 is 15.0 Å². The summed E-state index contributed by atoms with van der Waals surface area (Å²) in [6.07, 6.45) is 4.21. The van der Waals surface area contributed by atoms with E-state index in [4.69, 9.17) is 4.74 Å². The van der Waals surface area contributed by atoms with Gasteiger partial charge in [-0.3, -0.25) is 4.90 Å². The first kappa shape index (κ1) is 15.2. The van der Waals surface area contributed by atoms with Crippen molar-refractivity contribution < 1.29 is 4.74 Å². The zero-order valence-corrected chi connectivity index (χ0v) is 12.7. The standard InChI is InChI=1S/C15H31N3O/c1-3-14-6-9-18(8-5-7-16-14)13-15-12-17(4-2)10-11-19-15/h14-16H,3-13H2,1-2H3. The Morgan fingerprint density at radius 1 is 1.16 bits per heavy atom. The van der Waals surface area contributed by atoms with Gasteiger partial charge in [-0.05, 0) is 45.4 Å². The number of hydrogen-bond acceptors (Lipinski definition) is 4. The Hall–Kier alpha value is -0.160. The fraction of sp³-hybridized carbons (Fsp3) is 1.00. The van der Waals surface area contributed by atoms with E-state index in [2.05, 4.69) is 29.0 Å². The normalized spacial score (nSPS) is 31.9. The molecule has 4 heteroatoms. The molecule has 2 heterocycles. The van der Waals surface area contributed by atoms with Crippen LogP contribution in [0.5, 0.6) is 0 Å². The minimum Gasteiger partial charge on any atom is -0.374 e. The van der Waals surface area contributed by atoms with Crippen LogP contribution in [0, 0.1) is 0 Å². The van der Waals surface area contributed by atoms with E-state index in [1.54, 1.807) is 0 Å². The molecular formula is C15H31N3O. The largest absolute Gasteiger partial charge is 0.374 e. The number of nitrogens with zero attached hydrogens (tertiary/aromatic N) is 2. The zero-order chi connectivity index (χ0) is 13.5. The van der Waals surface area contributed by atoms with Crippen molar-refractivity contribution in [2.75, 3.05) is 52.4 Å². The van der Waals surface area contributed by atoms with Gasteiger partial charge in [0.05, 0.1) is 12.7 Å². The molecule has 0 bridgehead atoms. The number of nitrogens with one attached hydrogen (secondary N) is 1. The van der Waals surface area contributed by atoms with Crippen molar-refractivity contribution in [1.29, 1.82) is 0 Å². The van der Waals surface area contributed by atoms with Gasteiger partial charge >= 0.3 is 0 Å². The number of ether oxygens (including phenoxy) is 1. The quantitative estimate of drug-likeness (QED) is 0.829. The van der Waals surface area contributed by atoms with Crippen LogP contribution in [-0.2, 0) is 4.74 Å². The van der Waals surface area contributed by atoms with Crippen LogP contribution < -0.4 is 5.32 Å². The van der Waals surface area contributed by atoms with Crippen LogP contribution in [0.3, 0.4) is 0 Å². The van der Waals surface area contributed by atoms with Gasteiger partial charge in [0.2, 0.25) is 0 Å². The predicted molar refractivity (Wildman–Crippen MR) is 79.6 cm³/mol. The summed E-state index contributed by atoms with van der Waals surface area (Å²) in [6.45, 7) is 13.5. The third-order valence-corrected chi connectivity index (χ3v) is 4.50. The molecule has 19 heavy (non-hydrogen) atoms. The Kier molecular flexibility index (Phi) is 6.57. The molecule has 2 unspecified atom stereocenters. The molecular weight excluding hydrogens is 238 g/mol. The van der Waals surface area contributed by atoms with Crippen molar-refractivity contribution in [3.63, 3.8) is 0 Å². The third-order valence-electron chi connectivity index (χ3n) is 4.50. The van der Waals surface area contributed by atoms with E-state index in [9.17, 15) is 0 Å². The molecule has 0 radical (unpaired) electrons. The first-order valence-corrected chi connectivity index (χ1v) is 8.11. The lowest BCUT2D eigenvalue weighted by Gasteiger charge is -2.36. The van der Waals surface area contributed by atoms with E-state index in [1.807, 2.05) is 0 Å². The molecule has 2 aliphatic heterocycles. The first-order valence-electron chi connectivity index (χ1n) is 8.11. The molecule has 4 nitrogen and oxygen atoms in total. The first-order chi connectivity index (χ1) is 9.31. The average Bonchev–Trinajstić information content (AvgIpc) is 2.43. The number of morpholine rings is 1. The Labute approximate surface area is 118 Å². The Morgan fingerprint density at radius 3 is 2.84 bits per heavy atom. The van der Waals surface area contributed by atoms with Crippen LogP contribution in [0.4, 0.5) is 0 Å². The lowest BCUT2D eigenvalue weighted by molar-refractivity contribution is -0.0427. The van der Waals surface area contributed by atoms with Crippen molar-refractivity contribution in [2.45, 2.75) is 45.3 Å². The topological polar surface area (TPSA) is 27.7 Å². The smallest absolute Gasteiger partial charge is 0.0829 e. The molecule has 0 saturated carbocycles. The van der Waals surface area contributed by atoms with Crippen LogP contribution in [0.25, 0.3) is 0 Å². The van der Waals surface area contributed by atoms with E-state index in [0.29, 0.717) is 12.1 Å². The molecule has 0 aromatic carbocycles. The lowest BCUT2D eigenvalue weighted by Crippen LogP contribution is -2.49. The zero-order valence-electron chi connectivity index (χ0n) is 12.7. The van der Waals surface area contributed by atoms with Crippen LogP contribution in [-0.4, -0.2) is 74.4 Å². The Balaban J connectivity index is 1.76. The minimum absolute atomic E-state index is 0.418. The summed E-state index contributed by atoms with van der Waals surface area (Å²) in [7, 11) is 0. The molecule has 112 valence electrons. The SMILES string of the molecule is CCC1CCN(CC2CN(CC)CCO2)CCCN1. The van der Waals surface area contributed by atoms with Crippen molar-refractivity contribution >= 4 is 0 Å². The molecule has 0 aliphatic carbocycles. The maximum atomic E-state index is 5.94. The molecule has 1 N–H and O–H groups in total. The maximum Gasteiger partial charge on any atom is 0.0829 e. The fourth-order valence-corrected chi connectivity index (χ4v) is 3.16. The summed E-state index contributed by atoms with van der Waals surface area (Å²) in [5, 5.41) is 3.65. The van der Waals surface area contributed by atoms with Crippen LogP contribution in [0.1, 0.15) is 33.1 Å². The predicted octanol–water partition coefficient (Wildman–Crippen LogP) is 1.17. The van der Waals surface area contributed by atoms with Crippen molar-refractivity contribution in [1.82, 2.24) is 15.1 Å². The van der Waals surface area contributed by atoms with Gasteiger partial charge in [-0.2, -0.15) is 0 Å². The summed E-state index contributed by atoms with van der Waals surface area (Å²) in [5.41, 5.74) is 0. The highest BCUT2D eigenvalue weighted by atomic mass is 16.5. The Morgan fingerprint density at radius 2 is 2.05 bits per heavy atom. The molecule has 2 atom stereocenters. The van der Waals surface area contributed by atoms with Crippen molar-refractivity contribution in [2.24, 2.45) is 0 Å². The van der Waals surface area contributed by atoms with E-state index < -0.39 is 0 Å². The number of rotatable bonds is 4. The minimum atomic E-state index is 0.418. The van der Waals surface area contributed by atoms with E-state index in [0.717, 1.165) is 32.8 Å². The molecule has 2 rings (SSSR count).